The zero-order chi connectivity index (χ0) is 12.3. The summed E-state index contributed by atoms with van der Waals surface area (Å²) >= 11 is 5.84. The summed E-state index contributed by atoms with van der Waals surface area (Å²) in [5, 5.41) is 19.5. The number of rotatable bonds is 3. The molecule has 0 aliphatic rings. The molecule has 0 aliphatic heterocycles. The molecule has 0 saturated heterocycles. The molecule has 0 amide bonds. The van der Waals surface area contributed by atoms with Crippen LogP contribution in [0.2, 0.25) is 5.02 Å². The lowest BCUT2D eigenvalue weighted by molar-refractivity contribution is 0.885. The molecule has 2 N–H and O–H groups in total. The Bertz CT molecular complexity index is 542. The summed E-state index contributed by atoms with van der Waals surface area (Å²) in [6.45, 7) is 2.00. The Balaban J connectivity index is 2.22. The Morgan fingerprint density at radius 2 is 2.35 bits per heavy atom. The van der Waals surface area contributed by atoms with Gasteiger partial charge in [0.15, 0.2) is 0 Å². The van der Waals surface area contributed by atoms with Crippen molar-refractivity contribution in [3.05, 3.63) is 46.7 Å². The average molecular weight is 247 g/mol. The van der Waals surface area contributed by atoms with E-state index >= 15 is 0 Å². The monoisotopic (exact) mass is 246 g/mol. The average Bonchev–Trinajstić information content (AvgIpc) is 2.85. The van der Waals surface area contributed by atoms with E-state index in [1.807, 2.05) is 13.1 Å². The highest BCUT2D eigenvalue weighted by Crippen LogP contribution is 2.24. The van der Waals surface area contributed by atoms with Crippen molar-refractivity contribution in [2.45, 2.75) is 13.0 Å². The number of nitriles is 1. The molecule has 2 aromatic rings. The van der Waals surface area contributed by atoms with Crippen LogP contribution in [0.1, 0.15) is 24.1 Å². The van der Waals surface area contributed by atoms with Gasteiger partial charge in [-0.15, -0.1) is 0 Å². The van der Waals surface area contributed by atoms with Crippen molar-refractivity contribution in [2.24, 2.45) is 0 Å². The predicted molar refractivity (Wildman–Crippen MR) is 66.8 cm³/mol. The number of halogens is 1. The van der Waals surface area contributed by atoms with Gasteiger partial charge in [-0.25, -0.2) is 0 Å². The summed E-state index contributed by atoms with van der Waals surface area (Å²) in [7, 11) is 0. The first-order chi connectivity index (χ1) is 8.20. The van der Waals surface area contributed by atoms with Gasteiger partial charge in [0.1, 0.15) is 6.07 Å². The smallest absolute Gasteiger partial charge is 0.101 e. The SMILES string of the molecule is CC(Nc1ccc(Cl)cc1C#N)c1cn[nH]c1. The number of aromatic nitrogens is 2. The molecule has 2 rings (SSSR count). The summed E-state index contributed by atoms with van der Waals surface area (Å²) in [5.74, 6) is 0. The van der Waals surface area contributed by atoms with Crippen LogP contribution >= 0.6 is 11.6 Å². The van der Waals surface area contributed by atoms with E-state index in [1.54, 1.807) is 24.4 Å². The highest BCUT2D eigenvalue weighted by Gasteiger charge is 2.09. The topological polar surface area (TPSA) is 64.5 Å². The molecular weight excluding hydrogens is 236 g/mol. The minimum Gasteiger partial charge on any atom is -0.377 e. The Morgan fingerprint density at radius 3 is 3.00 bits per heavy atom. The molecule has 1 unspecified atom stereocenters. The molecule has 1 heterocycles. The van der Waals surface area contributed by atoms with Crippen molar-refractivity contribution in [3.63, 3.8) is 0 Å². The Hall–Kier alpha value is -1.99. The van der Waals surface area contributed by atoms with Crippen LogP contribution in [0.25, 0.3) is 0 Å². The van der Waals surface area contributed by atoms with Crippen molar-refractivity contribution in [3.8, 4) is 6.07 Å². The maximum absolute atomic E-state index is 9.02. The van der Waals surface area contributed by atoms with Gasteiger partial charge in [0.05, 0.1) is 23.5 Å². The second kappa shape index (κ2) is 4.89. The van der Waals surface area contributed by atoms with Crippen molar-refractivity contribution < 1.29 is 0 Å². The van der Waals surface area contributed by atoms with Gasteiger partial charge >= 0.3 is 0 Å². The van der Waals surface area contributed by atoms with Gasteiger partial charge in [0.25, 0.3) is 0 Å². The van der Waals surface area contributed by atoms with Crippen LogP contribution in [-0.4, -0.2) is 10.2 Å². The molecule has 0 bridgehead atoms. The summed E-state index contributed by atoms with van der Waals surface area (Å²) in [4.78, 5) is 0. The number of H-pyrrole nitrogens is 1. The van der Waals surface area contributed by atoms with E-state index in [4.69, 9.17) is 16.9 Å². The third kappa shape index (κ3) is 2.58. The van der Waals surface area contributed by atoms with E-state index in [0.29, 0.717) is 10.6 Å². The van der Waals surface area contributed by atoms with Crippen LogP contribution in [0, 0.1) is 11.3 Å². The Kier molecular flexibility index (Phi) is 3.31. The first-order valence-electron chi connectivity index (χ1n) is 5.15. The van der Waals surface area contributed by atoms with Gasteiger partial charge < -0.3 is 5.32 Å². The van der Waals surface area contributed by atoms with Crippen LogP contribution < -0.4 is 5.32 Å². The minimum absolute atomic E-state index is 0.0713. The van der Waals surface area contributed by atoms with Crippen LogP contribution in [0.5, 0.6) is 0 Å². The molecule has 1 aromatic carbocycles. The van der Waals surface area contributed by atoms with E-state index in [1.165, 1.54) is 0 Å². The molecule has 0 radical (unpaired) electrons. The van der Waals surface area contributed by atoms with E-state index in [9.17, 15) is 0 Å². The lowest BCUT2D eigenvalue weighted by Crippen LogP contribution is -2.06. The van der Waals surface area contributed by atoms with Gasteiger partial charge in [-0.3, -0.25) is 5.10 Å². The first kappa shape index (κ1) is 11.5. The number of hydrogen-bond donors (Lipinski definition) is 2. The van der Waals surface area contributed by atoms with Crippen molar-refractivity contribution >= 4 is 17.3 Å². The quantitative estimate of drug-likeness (QED) is 0.875. The summed E-state index contributed by atoms with van der Waals surface area (Å²) in [6, 6.07) is 7.39. The highest BCUT2D eigenvalue weighted by molar-refractivity contribution is 6.30. The van der Waals surface area contributed by atoms with E-state index in [-0.39, 0.29) is 6.04 Å². The fourth-order valence-electron chi connectivity index (χ4n) is 1.55. The molecule has 17 heavy (non-hydrogen) atoms. The minimum atomic E-state index is 0.0713. The second-order valence-corrected chi connectivity index (χ2v) is 4.14. The molecule has 1 aromatic heterocycles. The van der Waals surface area contributed by atoms with Gasteiger partial charge in [0.2, 0.25) is 0 Å². The van der Waals surface area contributed by atoms with E-state index in [0.717, 1.165) is 11.3 Å². The lowest BCUT2D eigenvalue weighted by Gasteiger charge is -2.14. The Morgan fingerprint density at radius 1 is 1.53 bits per heavy atom. The van der Waals surface area contributed by atoms with Crippen LogP contribution in [0.4, 0.5) is 5.69 Å². The molecular formula is C12H11ClN4. The third-order valence-corrected chi connectivity index (χ3v) is 2.73. The van der Waals surface area contributed by atoms with E-state index in [2.05, 4.69) is 21.6 Å². The fraction of sp³-hybridized carbons (Fsp3) is 0.167. The maximum atomic E-state index is 9.02. The molecule has 0 spiro atoms. The van der Waals surface area contributed by atoms with Crippen LogP contribution in [-0.2, 0) is 0 Å². The zero-order valence-electron chi connectivity index (χ0n) is 9.24. The highest BCUT2D eigenvalue weighted by atomic mass is 35.5. The Labute approximate surface area is 104 Å². The van der Waals surface area contributed by atoms with Crippen molar-refractivity contribution in [2.75, 3.05) is 5.32 Å². The number of anilines is 1. The molecule has 1 atom stereocenters. The standard InChI is InChI=1S/C12H11ClN4/c1-8(10-6-15-16-7-10)17-12-3-2-11(13)4-9(12)5-14/h2-4,6-8,17H,1H3,(H,15,16). The number of nitrogens with one attached hydrogen (secondary N) is 2. The largest absolute Gasteiger partial charge is 0.377 e. The normalized spacial score (nSPS) is 11.8. The summed E-state index contributed by atoms with van der Waals surface area (Å²) in [6.07, 6.45) is 3.57. The van der Waals surface area contributed by atoms with Gasteiger partial charge in [-0.05, 0) is 25.1 Å². The first-order valence-corrected chi connectivity index (χ1v) is 5.53. The van der Waals surface area contributed by atoms with Crippen LogP contribution in [0.15, 0.2) is 30.6 Å². The maximum Gasteiger partial charge on any atom is 0.101 e. The summed E-state index contributed by atoms with van der Waals surface area (Å²) in [5.41, 5.74) is 2.34. The third-order valence-electron chi connectivity index (χ3n) is 2.49. The van der Waals surface area contributed by atoms with Gasteiger partial charge in [0, 0.05) is 16.8 Å². The second-order valence-electron chi connectivity index (χ2n) is 3.70. The summed E-state index contributed by atoms with van der Waals surface area (Å²) < 4.78 is 0. The molecule has 0 fully saturated rings. The molecule has 5 heteroatoms. The molecule has 4 nitrogen and oxygen atoms in total. The van der Waals surface area contributed by atoms with Crippen LogP contribution in [0.3, 0.4) is 0 Å². The van der Waals surface area contributed by atoms with Crippen molar-refractivity contribution in [1.29, 1.82) is 5.26 Å². The number of nitrogens with zero attached hydrogens (tertiary/aromatic N) is 2. The predicted octanol–water partition coefficient (Wildman–Crippen LogP) is 3.11. The van der Waals surface area contributed by atoms with Gasteiger partial charge in [-0.1, -0.05) is 11.6 Å². The molecule has 86 valence electrons. The fourth-order valence-corrected chi connectivity index (χ4v) is 1.72. The lowest BCUT2D eigenvalue weighted by atomic mass is 10.1. The molecule has 0 aliphatic carbocycles. The number of aromatic amines is 1. The van der Waals surface area contributed by atoms with Gasteiger partial charge in [-0.2, -0.15) is 10.4 Å². The number of hydrogen-bond acceptors (Lipinski definition) is 3. The number of benzene rings is 1. The molecule has 0 saturated carbocycles. The van der Waals surface area contributed by atoms with E-state index < -0.39 is 0 Å². The zero-order valence-corrected chi connectivity index (χ0v) is 9.99. The van der Waals surface area contributed by atoms with Crippen molar-refractivity contribution in [1.82, 2.24) is 10.2 Å².